The van der Waals surface area contributed by atoms with Gasteiger partial charge in [-0.25, -0.2) is 9.79 Å². The first kappa shape index (κ1) is 19.9. The number of esters is 1. The van der Waals surface area contributed by atoms with Crippen LogP contribution in [0.15, 0.2) is 40.2 Å². The van der Waals surface area contributed by atoms with Crippen LogP contribution >= 0.6 is 11.8 Å². The highest BCUT2D eigenvalue weighted by Crippen LogP contribution is 2.34. The Morgan fingerprint density at radius 2 is 1.89 bits per heavy atom. The molecule has 3 rings (SSSR count). The lowest BCUT2D eigenvalue weighted by Crippen LogP contribution is -2.23. The number of amides is 1. The molecule has 0 N–H and O–H groups in total. The van der Waals surface area contributed by atoms with Crippen LogP contribution in [0.3, 0.4) is 0 Å². The van der Waals surface area contributed by atoms with Crippen LogP contribution in [0.4, 0.5) is 5.69 Å². The molecule has 1 fully saturated rings. The van der Waals surface area contributed by atoms with E-state index in [-0.39, 0.29) is 11.9 Å². The summed E-state index contributed by atoms with van der Waals surface area (Å²) in [7, 11) is 3.72. The van der Waals surface area contributed by atoms with E-state index >= 15 is 0 Å². The first-order valence-electron chi connectivity index (χ1n) is 8.98. The maximum Gasteiger partial charge on any atom is 0.338 e. The lowest BCUT2D eigenvalue weighted by Gasteiger charge is -2.07. The van der Waals surface area contributed by atoms with Gasteiger partial charge in [0.25, 0.3) is 5.91 Å². The predicted molar refractivity (Wildman–Crippen MR) is 113 cm³/mol. The van der Waals surface area contributed by atoms with Crippen LogP contribution in [-0.2, 0) is 16.6 Å². The fourth-order valence-corrected chi connectivity index (χ4v) is 3.80. The van der Waals surface area contributed by atoms with Crippen molar-refractivity contribution in [1.29, 1.82) is 0 Å². The number of aliphatic imine (C=N–C) groups is 1. The van der Waals surface area contributed by atoms with Crippen molar-refractivity contribution >= 4 is 40.6 Å². The molecule has 0 radical (unpaired) electrons. The zero-order valence-corrected chi connectivity index (χ0v) is 17.5. The fourth-order valence-electron chi connectivity index (χ4n) is 2.82. The van der Waals surface area contributed by atoms with Crippen molar-refractivity contribution in [3.63, 3.8) is 0 Å². The molecule has 28 heavy (non-hydrogen) atoms. The van der Waals surface area contributed by atoms with Crippen LogP contribution < -0.4 is 0 Å². The standard InChI is InChI=1S/C21H23N3O3S/c1-6-27-20(26)15-7-9-17(10-8-15)22-21-24(5)19(25)18(28-21)12-16-11-13(2)23(4)14(16)3/h7-12H,6H2,1-5H3. The lowest BCUT2D eigenvalue weighted by molar-refractivity contribution is -0.121. The number of nitrogens with zero attached hydrogens (tertiary/aromatic N) is 3. The van der Waals surface area contributed by atoms with Gasteiger partial charge in [0.1, 0.15) is 0 Å². The highest BCUT2D eigenvalue weighted by Gasteiger charge is 2.30. The minimum absolute atomic E-state index is 0.0761. The Hall–Kier alpha value is -2.80. The van der Waals surface area contributed by atoms with Crippen molar-refractivity contribution in [3.8, 4) is 0 Å². The van der Waals surface area contributed by atoms with E-state index in [9.17, 15) is 9.59 Å². The average Bonchev–Trinajstić information content (AvgIpc) is 3.07. The molecule has 1 aromatic carbocycles. The molecule has 1 aliphatic heterocycles. The van der Waals surface area contributed by atoms with Crippen LogP contribution in [0, 0.1) is 13.8 Å². The van der Waals surface area contributed by atoms with Gasteiger partial charge in [-0.1, -0.05) is 0 Å². The molecule has 0 aliphatic carbocycles. The summed E-state index contributed by atoms with van der Waals surface area (Å²) >= 11 is 1.35. The molecule has 1 aromatic heterocycles. The maximum absolute atomic E-state index is 12.6. The van der Waals surface area contributed by atoms with Crippen LogP contribution in [0.5, 0.6) is 0 Å². The third kappa shape index (κ3) is 3.89. The molecule has 0 unspecified atom stereocenters. The minimum atomic E-state index is -0.358. The summed E-state index contributed by atoms with van der Waals surface area (Å²) in [5.41, 5.74) is 4.43. The second-order valence-electron chi connectivity index (χ2n) is 6.52. The number of aryl methyl sites for hydroxylation is 1. The summed E-state index contributed by atoms with van der Waals surface area (Å²) in [6, 6.07) is 8.89. The number of ether oxygens (including phenoxy) is 1. The van der Waals surface area contributed by atoms with Gasteiger partial charge in [-0.2, -0.15) is 0 Å². The van der Waals surface area contributed by atoms with Gasteiger partial charge in [0, 0.05) is 25.5 Å². The van der Waals surface area contributed by atoms with Gasteiger partial charge in [-0.3, -0.25) is 9.69 Å². The number of hydrogen-bond acceptors (Lipinski definition) is 5. The molecule has 146 valence electrons. The van der Waals surface area contributed by atoms with E-state index in [0.29, 0.717) is 27.9 Å². The van der Waals surface area contributed by atoms with Crippen LogP contribution in [0.1, 0.15) is 34.2 Å². The normalized spacial score (nSPS) is 17.0. The number of likely N-dealkylation sites (N-methyl/N-ethyl adjacent to an activating group) is 1. The number of carbonyl (C=O) groups excluding carboxylic acids is 2. The number of rotatable bonds is 4. The largest absolute Gasteiger partial charge is 0.462 e. The predicted octanol–water partition coefficient (Wildman–Crippen LogP) is 4.05. The first-order chi connectivity index (χ1) is 13.3. The zero-order valence-electron chi connectivity index (χ0n) is 16.6. The van der Waals surface area contributed by atoms with Crippen molar-refractivity contribution in [2.45, 2.75) is 20.8 Å². The summed E-state index contributed by atoms with van der Waals surface area (Å²) in [5.74, 6) is -0.434. The Labute approximate surface area is 168 Å². The van der Waals surface area contributed by atoms with E-state index in [1.54, 1.807) is 43.1 Å². The highest BCUT2D eigenvalue weighted by molar-refractivity contribution is 8.18. The Balaban J connectivity index is 1.84. The molecule has 1 saturated heterocycles. The van der Waals surface area contributed by atoms with Gasteiger partial charge in [0.15, 0.2) is 5.17 Å². The minimum Gasteiger partial charge on any atom is -0.462 e. The van der Waals surface area contributed by atoms with Crippen molar-refractivity contribution in [2.75, 3.05) is 13.7 Å². The smallest absolute Gasteiger partial charge is 0.338 e. The number of benzene rings is 1. The number of amidine groups is 1. The molecule has 1 aliphatic rings. The second-order valence-corrected chi connectivity index (χ2v) is 7.53. The fraction of sp³-hybridized carbons (Fsp3) is 0.286. The summed E-state index contributed by atoms with van der Waals surface area (Å²) in [4.78, 5) is 31.1. The number of carbonyl (C=O) groups is 2. The third-order valence-corrected chi connectivity index (χ3v) is 5.77. The molecule has 2 heterocycles. The molecular weight excluding hydrogens is 374 g/mol. The van der Waals surface area contributed by atoms with E-state index in [1.807, 2.05) is 27.0 Å². The summed E-state index contributed by atoms with van der Waals surface area (Å²) < 4.78 is 7.08. The molecule has 0 bridgehead atoms. The molecule has 7 heteroatoms. The molecule has 6 nitrogen and oxygen atoms in total. The molecule has 0 atom stereocenters. The SMILES string of the molecule is CCOC(=O)c1ccc(N=C2SC(=Cc3cc(C)n(C)c3C)C(=O)N2C)cc1. The van der Waals surface area contributed by atoms with Crippen LogP contribution in [-0.4, -0.2) is 40.2 Å². The van der Waals surface area contributed by atoms with Crippen molar-refractivity contribution in [2.24, 2.45) is 12.0 Å². The highest BCUT2D eigenvalue weighted by atomic mass is 32.2. The Kier molecular flexibility index (Phi) is 5.74. The van der Waals surface area contributed by atoms with Gasteiger partial charge >= 0.3 is 5.97 Å². The van der Waals surface area contributed by atoms with E-state index in [0.717, 1.165) is 17.0 Å². The van der Waals surface area contributed by atoms with Crippen LogP contribution in [0.2, 0.25) is 0 Å². The Morgan fingerprint density at radius 1 is 1.21 bits per heavy atom. The molecule has 2 aromatic rings. The summed E-state index contributed by atoms with van der Waals surface area (Å²) in [6.07, 6.45) is 1.91. The molecular formula is C21H23N3O3S. The second kappa shape index (κ2) is 8.06. The first-order valence-corrected chi connectivity index (χ1v) is 9.80. The Bertz CT molecular complexity index is 987. The van der Waals surface area contributed by atoms with Crippen molar-refractivity contribution in [1.82, 2.24) is 9.47 Å². The van der Waals surface area contributed by atoms with E-state index in [4.69, 9.17) is 4.74 Å². The molecule has 0 saturated carbocycles. The van der Waals surface area contributed by atoms with E-state index < -0.39 is 0 Å². The topological polar surface area (TPSA) is 63.9 Å². The van der Waals surface area contributed by atoms with Gasteiger partial charge < -0.3 is 9.30 Å². The summed E-state index contributed by atoms with van der Waals surface area (Å²) in [5, 5.41) is 0.602. The Morgan fingerprint density at radius 3 is 2.46 bits per heavy atom. The maximum atomic E-state index is 12.6. The van der Waals surface area contributed by atoms with Crippen molar-refractivity contribution < 1.29 is 14.3 Å². The quantitative estimate of drug-likeness (QED) is 0.577. The van der Waals surface area contributed by atoms with Gasteiger partial charge in [0.2, 0.25) is 0 Å². The third-order valence-electron chi connectivity index (χ3n) is 4.71. The van der Waals surface area contributed by atoms with Gasteiger partial charge in [-0.05, 0) is 74.5 Å². The lowest BCUT2D eigenvalue weighted by atomic mass is 10.2. The number of hydrogen-bond donors (Lipinski definition) is 0. The number of thioether (sulfide) groups is 1. The summed E-state index contributed by atoms with van der Waals surface area (Å²) in [6.45, 7) is 6.18. The average molecular weight is 398 g/mol. The molecule has 0 spiro atoms. The number of aromatic nitrogens is 1. The molecule has 1 amide bonds. The van der Waals surface area contributed by atoms with Gasteiger partial charge in [0.05, 0.1) is 22.8 Å². The monoisotopic (exact) mass is 397 g/mol. The van der Waals surface area contributed by atoms with Crippen LogP contribution in [0.25, 0.3) is 6.08 Å². The van der Waals surface area contributed by atoms with E-state index in [2.05, 4.69) is 15.6 Å². The van der Waals surface area contributed by atoms with E-state index in [1.165, 1.54) is 11.8 Å². The van der Waals surface area contributed by atoms with Gasteiger partial charge in [-0.15, -0.1) is 0 Å². The van der Waals surface area contributed by atoms with Crippen molar-refractivity contribution in [3.05, 3.63) is 57.8 Å². The zero-order chi connectivity index (χ0) is 20.4.